The number of quaternary nitrogens is 1. The number of rotatable bonds is 8. The average molecular weight is 504 g/mol. The van der Waals surface area contributed by atoms with Crippen LogP contribution in [0, 0.1) is 0 Å². The van der Waals surface area contributed by atoms with Crippen LogP contribution >= 0.6 is 0 Å². The lowest BCUT2D eigenvalue weighted by Gasteiger charge is -2.32. The van der Waals surface area contributed by atoms with Crippen molar-refractivity contribution in [3.8, 4) is 0 Å². The maximum Gasteiger partial charge on any atom is 0.222 e. The molecule has 0 heterocycles. The maximum absolute atomic E-state index is 12.7. The molecule has 0 atom stereocenters. The van der Waals surface area contributed by atoms with Crippen LogP contribution in [0.5, 0.6) is 0 Å². The van der Waals surface area contributed by atoms with Crippen LogP contribution in [0.1, 0.15) is 38.1 Å². The first-order valence-electron chi connectivity index (χ1n) is 9.07. The Bertz CT molecular complexity index is 829. The van der Waals surface area contributed by atoms with E-state index in [1.165, 1.54) is 9.80 Å². The monoisotopic (exact) mass is 503 g/mol. The van der Waals surface area contributed by atoms with Crippen molar-refractivity contribution < 1.29 is 44.0 Å². The van der Waals surface area contributed by atoms with Crippen molar-refractivity contribution in [2.45, 2.75) is 38.1 Å². The molecule has 182 valence electrons. The van der Waals surface area contributed by atoms with E-state index in [9.17, 15) is 30.7 Å². The van der Waals surface area contributed by atoms with Crippen LogP contribution in [0.3, 0.4) is 0 Å². The second-order valence-corrected chi connectivity index (χ2v) is 11.2. The molecule has 0 aliphatic carbocycles. The van der Waals surface area contributed by atoms with Gasteiger partial charge in [-0.3, -0.25) is 13.2 Å². The largest absolute Gasteiger partial charge is 0.726 e. The molecule has 0 saturated heterocycles. The Hall–Kier alpha value is -1.06. The third-order valence-electron chi connectivity index (χ3n) is 4.30. The van der Waals surface area contributed by atoms with Crippen molar-refractivity contribution in [3.05, 3.63) is 29.8 Å². The van der Waals surface area contributed by atoms with Crippen LogP contribution in [-0.4, -0.2) is 77.1 Å². The molecule has 0 aromatic heterocycles. The van der Waals surface area contributed by atoms with Gasteiger partial charge in [0.15, 0.2) is 10.4 Å². The molecule has 0 saturated carbocycles. The van der Waals surface area contributed by atoms with Gasteiger partial charge in [0.05, 0.1) is 27.3 Å². The number of Topliss-reactive ketones (excluding diaryl/α,β-unsaturated/α-hetero) is 1. The molecule has 0 spiro atoms. The fraction of sp³-hybridized carbons (Fsp3) is 0.611. The molecule has 0 radical (unpaired) electrons. The molecule has 10 nitrogen and oxygen atoms in total. The molecule has 0 amide bonds. The van der Waals surface area contributed by atoms with Crippen LogP contribution < -0.4 is 4.90 Å². The molecule has 0 bridgehead atoms. The number of likely N-dealkylation sites (N-methyl/N-ethyl adjacent to an activating group) is 1. The zero-order valence-corrected chi connectivity index (χ0v) is 21.6. The summed E-state index contributed by atoms with van der Waals surface area (Å²) in [6.07, 6.45) is 4.39. The number of carbonyl (C=O) groups excluding carboxylic acids is 1. The van der Waals surface area contributed by atoms with Gasteiger partial charge in [-0.15, -0.1) is 0 Å². The van der Waals surface area contributed by atoms with Crippen LogP contribution in [0.4, 0.5) is 0 Å². The van der Waals surface area contributed by atoms with E-state index in [1.54, 1.807) is 0 Å². The standard InChI is InChI=1S/C16H26NOS.2CH4O4S/c1-7-17(8-2)16(3,4)15(18)13-9-11-14(12-10-13)19(5)6;2*1-5-6(2,3)4/h9-12H,7-8H2,1-6H3;2*1H3,(H,2,3,4)/q+1;;/p-1. The topological polar surface area (TPSA) is 154 Å². The molecule has 1 rings (SSSR count). The van der Waals surface area contributed by atoms with Gasteiger partial charge >= 0.3 is 0 Å². The van der Waals surface area contributed by atoms with Crippen molar-refractivity contribution in [1.82, 2.24) is 0 Å². The maximum atomic E-state index is 12.7. The van der Waals surface area contributed by atoms with Gasteiger partial charge in [0.1, 0.15) is 12.5 Å². The van der Waals surface area contributed by atoms with Gasteiger partial charge in [-0.2, -0.15) is 0 Å². The van der Waals surface area contributed by atoms with E-state index >= 15 is 0 Å². The fourth-order valence-electron chi connectivity index (χ4n) is 2.53. The number of hydrogen-bond donors (Lipinski definition) is 1. The van der Waals surface area contributed by atoms with E-state index in [4.69, 9.17) is 0 Å². The molecule has 1 aromatic rings. The fourth-order valence-corrected chi connectivity index (χ4v) is 3.21. The summed E-state index contributed by atoms with van der Waals surface area (Å²) in [5, 5.41) is 0. The van der Waals surface area contributed by atoms with Crippen molar-refractivity contribution >= 4 is 37.5 Å². The highest BCUT2D eigenvalue weighted by atomic mass is 32.3. The molecule has 0 fully saturated rings. The Morgan fingerprint density at radius 1 is 0.935 bits per heavy atom. The van der Waals surface area contributed by atoms with Crippen LogP contribution in [-0.2, 0) is 40.1 Å². The van der Waals surface area contributed by atoms with E-state index < -0.39 is 20.8 Å². The summed E-state index contributed by atoms with van der Waals surface area (Å²) in [5.74, 6) is 0.241. The van der Waals surface area contributed by atoms with Crippen molar-refractivity contribution in [3.63, 3.8) is 0 Å². The van der Waals surface area contributed by atoms with Gasteiger partial charge in [0.25, 0.3) is 0 Å². The quantitative estimate of drug-likeness (QED) is 0.223. The smallest absolute Gasteiger partial charge is 0.222 e. The lowest BCUT2D eigenvalue weighted by Crippen LogP contribution is -3.20. The molecule has 1 N–H and O–H groups in total. The first kappa shape index (κ1) is 32.1. The average Bonchev–Trinajstić information content (AvgIpc) is 2.68. The summed E-state index contributed by atoms with van der Waals surface area (Å²) in [6.45, 7) is 10.3. The number of benzene rings is 1. The second kappa shape index (κ2) is 14.2. The zero-order valence-electron chi connectivity index (χ0n) is 19.1. The van der Waals surface area contributed by atoms with Gasteiger partial charge < -0.3 is 14.0 Å². The minimum atomic E-state index is -4.41. The molecule has 0 aliphatic rings. The summed E-state index contributed by atoms with van der Waals surface area (Å²) in [4.78, 5) is 15.3. The van der Waals surface area contributed by atoms with Gasteiger partial charge in [0, 0.05) is 16.5 Å². The third-order valence-corrected chi connectivity index (χ3v) is 6.33. The molecule has 0 unspecified atom stereocenters. The third kappa shape index (κ3) is 13.9. The highest BCUT2D eigenvalue weighted by Gasteiger charge is 2.37. The summed E-state index contributed by atoms with van der Waals surface area (Å²) in [7, 11) is -6.96. The van der Waals surface area contributed by atoms with E-state index in [1.807, 2.05) is 12.1 Å². The number of hydrogen-bond acceptors (Lipinski definition) is 9. The Morgan fingerprint density at radius 2 is 1.26 bits per heavy atom. The van der Waals surface area contributed by atoms with Crippen LogP contribution in [0.2, 0.25) is 0 Å². The van der Waals surface area contributed by atoms with Crippen molar-refractivity contribution in [1.29, 1.82) is 0 Å². The van der Waals surface area contributed by atoms with Gasteiger partial charge in [-0.05, 0) is 52.0 Å². The van der Waals surface area contributed by atoms with Gasteiger partial charge in [-0.1, -0.05) is 0 Å². The van der Waals surface area contributed by atoms with E-state index in [-0.39, 0.29) is 22.2 Å². The Kier molecular flexibility index (Phi) is 14.7. The lowest BCUT2D eigenvalue weighted by atomic mass is 9.91. The molecule has 31 heavy (non-hydrogen) atoms. The normalized spacial score (nSPS) is 12.0. The first-order valence-corrected chi connectivity index (χ1v) is 13.8. The first-order chi connectivity index (χ1) is 14.0. The Balaban J connectivity index is 0. The summed E-state index contributed by atoms with van der Waals surface area (Å²) >= 11 is 0. The Morgan fingerprint density at radius 3 is 1.48 bits per heavy atom. The van der Waals surface area contributed by atoms with Gasteiger partial charge in [-0.25, -0.2) is 16.8 Å². The molecule has 1 aromatic carbocycles. The molecule has 13 heteroatoms. The van der Waals surface area contributed by atoms with Crippen LogP contribution in [0.15, 0.2) is 29.2 Å². The van der Waals surface area contributed by atoms with E-state index in [0.717, 1.165) is 32.9 Å². The van der Waals surface area contributed by atoms with Crippen molar-refractivity contribution in [2.75, 3.05) is 39.8 Å². The second-order valence-electron chi connectivity index (χ2n) is 6.76. The van der Waals surface area contributed by atoms with E-state index in [0.29, 0.717) is 0 Å². The lowest BCUT2D eigenvalue weighted by molar-refractivity contribution is -0.934. The van der Waals surface area contributed by atoms with Crippen molar-refractivity contribution in [2.24, 2.45) is 0 Å². The predicted octanol–water partition coefficient (Wildman–Crippen LogP) is -0.00460. The molecular weight excluding hydrogens is 470 g/mol. The predicted molar refractivity (Wildman–Crippen MR) is 118 cm³/mol. The highest BCUT2D eigenvalue weighted by Crippen LogP contribution is 2.14. The number of carbonyl (C=O) groups is 1. The SMILES string of the molecule is CC[NH+](CC)C(C)(C)C(=O)c1ccc([S+](C)C)cc1.COS(=O)(=O)[O-].COS(=O)(=O)[O-]. The Labute approximate surface area is 189 Å². The minimum Gasteiger partial charge on any atom is -0.726 e. The van der Waals surface area contributed by atoms with Gasteiger partial charge in [0.2, 0.25) is 26.6 Å². The number of ketones is 1. The van der Waals surface area contributed by atoms with Crippen LogP contribution in [0.25, 0.3) is 0 Å². The summed E-state index contributed by atoms with van der Waals surface area (Å²) in [5.41, 5.74) is 0.476. The molecule has 0 aliphatic heterocycles. The summed E-state index contributed by atoms with van der Waals surface area (Å²) in [6, 6.07) is 8.14. The molecular formula is C18H33NO9S3. The zero-order chi connectivity index (χ0) is 25.0. The van der Waals surface area contributed by atoms with E-state index in [2.05, 4.69) is 60.7 Å². The number of nitrogens with one attached hydrogen (secondary N) is 1. The minimum absolute atomic E-state index is 0.241. The highest BCUT2D eigenvalue weighted by molar-refractivity contribution is 7.95. The summed E-state index contributed by atoms with van der Waals surface area (Å²) < 4.78 is 62.0.